The molecule has 0 heterocycles. The van der Waals surface area contributed by atoms with Crippen LogP contribution in [0.25, 0.3) is 0 Å². The minimum absolute atomic E-state index is 0.325. The van der Waals surface area contributed by atoms with E-state index < -0.39 is 8.56 Å². The standard InChI is InChI=1S/C12H31N3Si/c1-10(2)14-16(8,15-11(3)4)13-9-12(5,6)7/h10-11,13-15H,9H2,1-8H3. The van der Waals surface area contributed by atoms with Crippen LogP contribution in [0.2, 0.25) is 6.55 Å². The molecule has 0 aromatic carbocycles. The topological polar surface area (TPSA) is 36.1 Å². The van der Waals surface area contributed by atoms with E-state index in [1.54, 1.807) is 0 Å². The summed E-state index contributed by atoms with van der Waals surface area (Å²) in [5.41, 5.74) is 0.325. The average Bonchev–Trinajstić information content (AvgIpc) is 1.96. The summed E-state index contributed by atoms with van der Waals surface area (Å²) in [6, 6.07) is 1.02. The van der Waals surface area contributed by atoms with E-state index in [2.05, 4.69) is 70.0 Å². The Kier molecular flexibility index (Phi) is 6.18. The van der Waals surface area contributed by atoms with Crippen molar-refractivity contribution < 1.29 is 0 Å². The molecule has 0 aliphatic carbocycles. The summed E-state index contributed by atoms with van der Waals surface area (Å²) in [4.78, 5) is 11.1. The highest BCUT2D eigenvalue weighted by atomic mass is 28.4. The van der Waals surface area contributed by atoms with Gasteiger partial charge >= 0.3 is 0 Å². The molecule has 0 saturated heterocycles. The zero-order valence-electron chi connectivity index (χ0n) is 12.4. The fourth-order valence-corrected chi connectivity index (χ4v) is 5.22. The van der Waals surface area contributed by atoms with Gasteiger partial charge in [0.05, 0.1) is 0 Å². The minimum atomic E-state index is -1.74. The third-order valence-electron chi connectivity index (χ3n) is 2.13. The van der Waals surface area contributed by atoms with Crippen molar-refractivity contribution in [2.75, 3.05) is 6.54 Å². The third kappa shape index (κ3) is 8.27. The molecule has 0 amide bonds. The van der Waals surface area contributed by atoms with Gasteiger partial charge in [0.25, 0.3) is 8.56 Å². The van der Waals surface area contributed by atoms with E-state index in [1.807, 2.05) is 0 Å². The highest BCUT2D eigenvalue weighted by molar-refractivity contribution is 6.71. The Morgan fingerprint density at radius 2 is 1.31 bits per heavy atom. The molecular formula is C12H31N3Si. The third-order valence-corrected chi connectivity index (χ3v) is 5.32. The van der Waals surface area contributed by atoms with Gasteiger partial charge in [-0.15, -0.1) is 0 Å². The van der Waals surface area contributed by atoms with Crippen molar-refractivity contribution in [2.24, 2.45) is 5.41 Å². The van der Waals surface area contributed by atoms with Gasteiger partial charge in [-0.2, -0.15) is 0 Å². The molecule has 0 saturated carbocycles. The lowest BCUT2D eigenvalue weighted by atomic mass is 9.98. The summed E-state index contributed by atoms with van der Waals surface area (Å²) in [5, 5.41) is 0. The lowest BCUT2D eigenvalue weighted by Crippen LogP contribution is -2.73. The summed E-state index contributed by atoms with van der Waals surface area (Å²) in [6.07, 6.45) is 0. The van der Waals surface area contributed by atoms with Crippen LogP contribution in [0.4, 0.5) is 0 Å². The Bertz CT molecular complexity index is 187. The van der Waals surface area contributed by atoms with Crippen molar-refractivity contribution in [1.29, 1.82) is 0 Å². The first-order valence-electron chi connectivity index (χ1n) is 6.34. The fourth-order valence-electron chi connectivity index (χ4n) is 1.74. The van der Waals surface area contributed by atoms with Gasteiger partial charge in [-0.1, -0.05) is 48.5 Å². The molecule has 4 heteroatoms. The molecule has 0 atom stereocenters. The Hall–Kier alpha value is 0.0969. The molecule has 0 fully saturated rings. The lowest BCUT2D eigenvalue weighted by molar-refractivity contribution is 0.403. The van der Waals surface area contributed by atoms with Gasteiger partial charge in [0, 0.05) is 0 Å². The highest BCUT2D eigenvalue weighted by Crippen LogP contribution is 2.11. The van der Waals surface area contributed by atoms with Gasteiger partial charge in [-0.25, -0.2) is 0 Å². The van der Waals surface area contributed by atoms with Gasteiger partial charge < -0.3 is 14.9 Å². The molecule has 0 aliphatic rings. The first-order chi connectivity index (χ1) is 7.04. The van der Waals surface area contributed by atoms with Gasteiger partial charge in [-0.3, -0.25) is 0 Å². The van der Waals surface area contributed by atoms with Crippen LogP contribution in [-0.4, -0.2) is 27.2 Å². The molecule has 0 aromatic rings. The SMILES string of the molecule is CC(C)N[Si](C)(NCC(C)(C)C)NC(C)C. The summed E-state index contributed by atoms with van der Waals surface area (Å²) in [5.74, 6) is 0. The van der Waals surface area contributed by atoms with Crippen molar-refractivity contribution in [1.82, 2.24) is 14.9 Å². The second-order valence-corrected chi connectivity index (χ2v) is 9.82. The molecule has 0 rings (SSSR count). The summed E-state index contributed by atoms with van der Waals surface area (Å²) >= 11 is 0. The number of nitrogens with one attached hydrogen (secondary N) is 3. The zero-order chi connectivity index (χ0) is 13.0. The van der Waals surface area contributed by atoms with Gasteiger partial charge in [0.15, 0.2) is 0 Å². The van der Waals surface area contributed by atoms with E-state index in [1.165, 1.54) is 0 Å². The van der Waals surface area contributed by atoms with E-state index in [9.17, 15) is 0 Å². The smallest absolute Gasteiger partial charge is 0.278 e. The summed E-state index contributed by atoms with van der Waals surface area (Å²) < 4.78 is 0. The van der Waals surface area contributed by atoms with Crippen LogP contribution in [0.1, 0.15) is 48.5 Å². The van der Waals surface area contributed by atoms with Crippen LogP contribution in [0.15, 0.2) is 0 Å². The van der Waals surface area contributed by atoms with Gasteiger partial charge in [0.1, 0.15) is 0 Å². The quantitative estimate of drug-likeness (QED) is 0.628. The predicted octanol–water partition coefficient (Wildman–Crippen LogP) is 2.19. The van der Waals surface area contributed by atoms with Gasteiger partial charge in [-0.05, 0) is 30.6 Å². The predicted molar refractivity (Wildman–Crippen MR) is 75.6 cm³/mol. The van der Waals surface area contributed by atoms with Crippen LogP contribution in [0.5, 0.6) is 0 Å². The van der Waals surface area contributed by atoms with Crippen LogP contribution in [-0.2, 0) is 0 Å². The molecular weight excluding hydrogens is 214 g/mol. The number of hydrogen-bond donors (Lipinski definition) is 3. The van der Waals surface area contributed by atoms with Crippen molar-refractivity contribution in [3.63, 3.8) is 0 Å². The maximum absolute atomic E-state index is 3.72. The molecule has 98 valence electrons. The molecule has 0 unspecified atom stereocenters. The van der Waals surface area contributed by atoms with E-state index in [-0.39, 0.29) is 0 Å². The van der Waals surface area contributed by atoms with Gasteiger partial charge in [0.2, 0.25) is 0 Å². The zero-order valence-corrected chi connectivity index (χ0v) is 13.4. The molecule has 0 aromatic heterocycles. The van der Waals surface area contributed by atoms with Crippen molar-refractivity contribution in [2.45, 2.75) is 67.1 Å². The number of hydrogen-bond acceptors (Lipinski definition) is 3. The summed E-state index contributed by atoms with van der Waals surface area (Å²) in [7, 11) is -1.74. The van der Waals surface area contributed by atoms with Crippen molar-refractivity contribution in [3.05, 3.63) is 0 Å². The van der Waals surface area contributed by atoms with E-state index in [0.717, 1.165) is 6.54 Å². The average molecular weight is 245 g/mol. The maximum Gasteiger partial charge on any atom is 0.278 e. The summed E-state index contributed by atoms with van der Waals surface area (Å²) in [6.45, 7) is 18.9. The van der Waals surface area contributed by atoms with Crippen LogP contribution >= 0.6 is 0 Å². The van der Waals surface area contributed by atoms with Crippen molar-refractivity contribution >= 4 is 8.56 Å². The van der Waals surface area contributed by atoms with Crippen molar-refractivity contribution in [3.8, 4) is 0 Å². The molecule has 0 aliphatic heterocycles. The Morgan fingerprint density at radius 3 is 1.56 bits per heavy atom. The largest absolute Gasteiger partial charge is 0.313 e. The molecule has 3 N–H and O–H groups in total. The molecule has 3 nitrogen and oxygen atoms in total. The lowest BCUT2D eigenvalue weighted by Gasteiger charge is -2.36. The second kappa shape index (κ2) is 6.14. The Labute approximate surface area is 103 Å². The molecule has 0 radical (unpaired) electrons. The first kappa shape index (κ1) is 16.1. The van der Waals surface area contributed by atoms with E-state index >= 15 is 0 Å². The van der Waals surface area contributed by atoms with E-state index in [4.69, 9.17) is 0 Å². The first-order valence-corrected chi connectivity index (χ1v) is 8.84. The molecule has 16 heavy (non-hydrogen) atoms. The Morgan fingerprint density at radius 1 is 0.938 bits per heavy atom. The normalized spacial score (nSPS) is 13.9. The minimum Gasteiger partial charge on any atom is -0.313 e. The van der Waals surface area contributed by atoms with Crippen LogP contribution in [0.3, 0.4) is 0 Å². The number of rotatable bonds is 6. The molecule has 0 spiro atoms. The van der Waals surface area contributed by atoms with Crippen LogP contribution in [0, 0.1) is 5.41 Å². The molecule has 0 bridgehead atoms. The highest BCUT2D eigenvalue weighted by Gasteiger charge is 2.30. The monoisotopic (exact) mass is 245 g/mol. The van der Waals surface area contributed by atoms with Crippen LogP contribution < -0.4 is 14.9 Å². The Balaban J connectivity index is 4.41. The second-order valence-electron chi connectivity index (χ2n) is 6.64. The van der Waals surface area contributed by atoms with E-state index in [0.29, 0.717) is 17.5 Å². The fraction of sp³-hybridized carbons (Fsp3) is 1.00. The maximum atomic E-state index is 3.72.